The number of benzene rings is 1. The van der Waals surface area contributed by atoms with Crippen LogP contribution in [0.4, 0.5) is 0 Å². The highest BCUT2D eigenvalue weighted by Gasteiger charge is 2.15. The molecular formula is C16H17N3. The zero-order valence-electron chi connectivity index (χ0n) is 11.0. The molecule has 0 spiro atoms. The Bertz CT molecular complexity index is 531. The van der Waals surface area contributed by atoms with Crippen LogP contribution in [0.2, 0.25) is 0 Å². The number of nitriles is 1. The largest absolute Gasteiger partial charge is 0.301 e. The van der Waals surface area contributed by atoms with Crippen molar-refractivity contribution >= 4 is 0 Å². The van der Waals surface area contributed by atoms with Crippen LogP contribution in [-0.2, 0) is 0 Å². The van der Waals surface area contributed by atoms with Crippen molar-refractivity contribution in [1.29, 1.82) is 5.26 Å². The van der Waals surface area contributed by atoms with Gasteiger partial charge in [-0.3, -0.25) is 4.98 Å². The van der Waals surface area contributed by atoms with Crippen LogP contribution in [0.25, 0.3) is 0 Å². The van der Waals surface area contributed by atoms with Gasteiger partial charge < -0.3 is 5.32 Å². The summed E-state index contributed by atoms with van der Waals surface area (Å²) < 4.78 is 0. The molecule has 0 aliphatic heterocycles. The Morgan fingerprint density at radius 2 is 1.89 bits per heavy atom. The first-order valence-electron chi connectivity index (χ1n) is 6.40. The summed E-state index contributed by atoms with van der Waals surface area (Å²) in [4.78, 5) is 4.34. The third-order valence-electron chi connectivity index (χ3n) is 3.08. The molecular weight excluding hydrogens is 234 g/mol. The van der Waals surface area contributed by atoms with E-state index in [1.165, 1.54) is 0 Å². The third-order valence-corrected chi connectivity index (χ3v) is 3.08. The first-order chi connectivity index (χ1) is 9.31. The SMILES string of the molecule is C[C@@H](NC(CC#N)c1ccccc1)c1ccccn1. The van der Waals surface area contributed by atoms with Crippen LogP contribution in [-0.4, -0.2) is 4.98 Å². The number of hydrogen-bond donors (Lipinski definition) is 1. The van der Waals surface area contributed by atoms with Gasteiger partial charge in [-0.2, -0.15) is 5.26 Å². The fourth-order valence-corrected chi connectivity index (χ4v) is 2.07. The molecule has 1 aromatic heterocycles. The molecule has 0 radical (unpaired) electrons. The van der Waals surface area contributed by atoms with Gasteiger partial charge in [0.25, 0.3) is 0 Å². The third kappa shape index (κ3) is 3.64. The molecule has 0 aliphatic carbocycles. The second kappa shape index (κ2) is 6.67. The number of hydrogen-bond acceptors (Lipinski definition) is 3. The summed E-state index contributed by atoms with van der Waals surface area (Å²) in [5, 5.41) is 12.4. The van der Waals surface area contributed by atoms with E-state index in [4.69, 9.17) is 5.26 Å². The van der Waals surface area contributed by atoms with Gasteiger partial charge in [-0.25, -0.2) is 0 Å². The molecule has 2 rings (SSSR count). The van der Waals surface area contributed by atoms with Gasteiger partial charge in [0.05, 0.1) is 18.2 Å². The van der Waals surface area contributed by atoms with Crippen molar-refractivity contribution in [2.75, 3.05) is 0 Å². The molecule has 2 aromatic rings. The van der Waals surface area contributed by atoms with Gasteiger partial charge in [-0.15, -0.1) is 0 Å². The highest BCUT2D eigenvalue weighted by molar-refractivity contribution is 5.21. The van der Waals surface area contributed by atoms with Crippen molar-refractivity contribution in [3.05, 3.63) is 66.0 Å². The number of rotatable bonds is 5. The molecule has 0 saturated carbocycles. The summed E-state index contributed by atoms with van der Waals surface area (Å²) in [5.41, 5.74) is 2.12. The van der Waals surface area contributed by atoms with E-state index in [0.29, 0.717) is 6.42 Å². The molecule has 0 amide bonds. The molecule has 2 atom stereocenters. The number of aromatic nitrogens is 1. The number of nitrogens with zero attached hydrogens (tertiary/aromatic N) is 2. The standard InChI is InChI=1S/C16H17N3/c1-13(15-9-5-6-12-18-15)19-16(10-11-17)14-7-3-2-4-8-14/h2-9,12-13,16,19H,10H2,1H3/t13-,16?/m1/s1. The minimum Gasteiger partial charge on any atom is -0.301 e. The maximum atomic E-state index is 8.98. The summed E-state index contributed by atoms with van der Waals surface area (Å²) in [7, 11) is 0. The highest BCUT2D eigenvalue weighted by atomic mass is 15.0. The van der Waals surface area contributed by atoms with Crippen LogP contribution in [0.15, 0.2) is 54.7 Å². The van der Waals surface area contributed by atoms with Crippen LogP contribution in [0, 0.1) is 11.3 Å². The van der Waals surface area contributed by atoms with E-state index in [9.17, 15) is 0 Å². The quantitative estimate of drug-likeness (QED) is 0.886. The molecule has 19 heavy (non-hydrogen) atoms. The Morgan fingerprint density at radius 1 is 1.16 bits per heavy atom. The van der Waals surface area contributed by atoms with Crippen LogP contribution in [0.1, 0.15) is 36.7 Å². The second-order valence-corrected chi connectivity index (χ2v) is 4.47. The zero-order chi connectivity index (χ0) is 13.5. The number of pyridine rings is 1. The zero-order valence-corrected chi connectivity index (χ0v) is 11.0. The molecule has 0 fully saturated rings. The first kappa shape index (κ1) is 13.3. The summed E-state index contributed by atoms with van der Waals surface area (Å²) >= 11 is 0. The van der Waals surface area contributed by atoms with Crippen molar-refractivity contribution < 1.29 is 0 Å². The van der Waals surface area contributed by atoms with Crippen molar-refractivity contribution in [1.82, 2.24) is 10.3 Å². The van der Waals surface area contributed by atoms with E-state index in [-0.39, 0.29) is 12.1 Å². The second-order valence-electron chi connectivity index (χ2n) is 4.47. The van der Waals surface area contributed by atoms with Gasteiger partial charge in [0.2, 0.25) is 0 Å². The lowest BCUT2D eigenvalue weighted by atomic mass is 10.0. The Kier molecular flexibility index (Phi) is 4.66. The Morgan fingerprint density at radius 3 is 2.53 bits per heavy atom. The van der Waals surface area contributed by atoms with E-state index in [0.717, 1.165) is 11.3 Å². The average molecular weight is 251 g/mol. The molecule has 0 saturated heterocycles. The summed E-state index contributed by atoms with van der Waals surface area (Å²) in [6, 6.07) is 18.3. The number of nitrogens with one attached hydrogen (secondary N) is 1. The Labute approximate surface area is 113 Å². The van der Waals surface area contributed by atoms with Gasteiger partial charge in [0, 0.05) is 18.3 Å². The molecule has 0 bridgehead atoms. The van der Waals surface area contributed by atoms with E-state index in [1.807, 2.05) is 48.5 Å². The van der Waals surface area contributed by atoms with Crippen molar-refractivity contribution in [3.63, 3.8) is 0 Å². The van der Waals surface area contributed by atoms with Crippen molar-refractivity contribution in [3.8, 4) is 6.07 Å². The van der Waals surface area contributed by atoms with Crippen molar-refractivity contribution in [2.24, 2.45) is 0 Å². The van der Waals surface area contributed by atoms with Gasteiger partial charge in [-0.05, 0) is 24.6 Å². The maximum absolute atomic E-state index is 8.98. The lowest BCUT2D eigenvalue weighted by Gasteiger charge is -2.21. The van der Waals surface area contributed by atoms with Crippen LogP contribution < -0.4 is 5.32 Å². The lowest BCUT2D eigenvalue weighted by Crippen LogP contribution is -2.25. The van der Waals surface area contributed by atoms with Crippen molar-refractivity contribution in [2.45, 2.75) is 25.4 Å². The van der Waals surface area contributed by atoms with Crippen LogP contribution in [0.3, 0.4) is 0 Å². The lowest BCUT2D eigenvalue weighted by molar-refractivity contribution is 0.465. The molecule has 96 valence electrons. The summed E-state index contributed by atoms with van der Waals surface area (Å²) in [6.45, 7) is 2.07. The van der Waals surface area contributed by atoms with Gasteiger partial charge in [0.1, 0.15) is 0 Å². The normalized spacial score (nSPS) is 13.5. The predicted octanol–water partition coefficient (Wildman–Crippen LogP) is 3.39. The maximum Gasteiger partial charge on any atom is 0.0641 e. The molecule has 3 nitrogen and oxygen atoms in total. The molecule has 1 unspecified atom stereocenters. The van der Waals surface area contributed by atoms with Crippen LogP contribution >= 0.6 is 0 Å². The summed E-state index contributed by atoms with van der Waals surface area (Å²) in [6.07, 6.45) is 2.23. The minimum absolute atomic E-state index is 0.0307. The van der Waals surface area contributed by atoms with E-state index in [1.54, 1.807) is 6.20 Å². The monoisotopic (exact) mass is 251 g/mol. The highest BCUT2D eigenvalue weighted by Crippen LogP contribution is 2.20. The Hall–Kier alpha value is -2.18. The Balaban J connectivity index is 2.12. The molecule has 1 heterocycles. The van der Waals surface area contributed by atoms with E-state index >= 15 is 0 Å². The molecule has 1 N–H and O–H groups in total. The van der Waals surface area contributed by atoms with Gasteiger partial charge in [0.15, 0.2) is 0 Å². The van der Waals surface area contributed by atoms with Gasteiger partial charge >= 0.3 is 0 Å². The smallest absolute Gasteiger partial charge is 0.0641 e. The average Bonchev–Trinajstić information content (AvgIpc) is 2.48. The van der Waals surface area contributed by atoms with E-state index in [2.05, 4.69) is 23.3 Å². The first-order valence-corrected chi connectivity index (χ1v) is 6.40. The molecule has 3 heteroatoms. The fourth-order valence-electron chi connectivity index (χ4n) is 2.07. The minimum atomic E-state index is 0.0307. The molecule has 1 aromatic carbocycles. The predicted molar refractivity (Wildman–Crippen MR) is 75.2 cm³/mol. The fraction of sp³-hybridized carbons (Fsp3) is 0.250. The van der Waals surface area contributed by atoms with E-state index < -0.39 is 0 Å². The summed E-state index contributed by atoms with van der Waals surface area (Å²) in [5.74, 6) is 0. The van der Waals surface area contributed by atoms with Gasteiger partial charge in [-0.1, -0.05) is 36.4 Å². The van der Waals surface area contributed by atoms with Crippen LogP contribution in [0.5, 0.6) is 0 Å². The topological polar surface area (TPSA) is 48.7 Å². The molecule has 0 aliphatic rings.